The molecule has 1 aliphatic carbocycles. The van der Waals surface area contributed by atoms with E-state index < -0.39 is 23.3 Å². The van der Waals surface area contributed by atoms with E-state index >= 15 is 0 Å². The minimum absolute atomic E-state index is 0.0698. The molecule has 144 valence electrons. The third kappa shape index (κ3) is 2.60. The zero-order valence-electron chi connectivity index (χ0n) is 14.5. The topological polar surface area (TPSA) is 12.9 Å². The molecule has 0 fully saturated rings. The molecule has 0 spiro atoms. The molecular weight excluding hydrogens is 380 g/mol. The standard InChI is InChI=1S/C21H13F6N/c1-19(21(25,26)27)16-5-3-2-4-14(16)15-8-6-12(10-17(15)19)18-9-7-13(11-28-18)20(22,23)24/h2-11H,1H3. The summed E-state index contributed by atoms with van der Waals surface area (Å²) in [6.45, 7) is 1.13. The maximum absolute atomic E-state index is 14.1. The van der Waals surface area contributed by atoms with E-state index in [9.17, 15) is 26.3 Å². The molecule has 7 heteroatoms. The van der Waals surface area contributed by atoms with Crippen LogP contribution in [0.3, 0.4) is 0 Å². The van der Waals surface area contributed by atoms with E-state index in [-0.39, 0.29) is 16.8 Å². The fourth-order valence-electron chi connectivity index (χ4n) is 3.69. The molecule has 3 aromatic rings. The number of rotatable bonds is 1. The Kier molecular flexibility index (Phi) is 3.86. The molecule has 0 saturated heterocycles. The van der Waals surface area contributed by atoms with Crippen molar-refractivity contribution in [1.29, 1.82) is 0 Å². The summed E-state index contributed by atoms with van der Waals surface area (Å²) in [6, 6.07) is 12.9. The van der Waals surface area contributed by atoms with Crippen LogP contribution in [0.25, 0.3) is 22.4 Å². The fourth-order valence-corrected chi connectivity index (χ4v) is 3.69. The third-order valence-corrected chi connectivity index (χ3v) is 5.27. The number of benzene rings is 2. The SMILES string of the molecule is CC1(C(F)(F)F)c2ccccc2-c2ccc(-c3ccc(C(F)(F)F)cn3)cc21. The molecule has 0 radical (unpaired) electrons. The first-order valence-electron chi connectivity index (χ1n) is 8.38. The van der Waals surface area contributed by atoms with Gasteiger partial charge in [-0.15, -0.1) is 0 Å². The molecule has 1 heterocycles. The van der Waals surface area contributed by atoms with Gasteiger partial charge in [-0.3, -0.25) is 4.98 Å². The van der Waals surface area contributed by atoms with Crippen LogP contribution in [0.15, 0.2) is 60.8 Å². The van der Waals surface area contributed by atoms with E-state index in [1.54, 1.807) is 30.3 Å². The number of hydrogen-bond acceptors (Lipinski definition) is 1. The van der Waals surface area contributed by atoms with Crippen molar-refractivity contribution in [3.63, 3.8) is 0 Å². The van der Waals surface area contributed by atoms with Crippen LogP contribution in [0.4, 0.5) is 26.3 Å². The minimum Gasteiger partial charge on any atom is -0.256 e. The van der Waals surface area contributed by atoms with Gasteiger partial charge >= 0.3 is 12.4 Å². The largest absolute Gasteiger partial charge is 0.417 e. The van der Waals surface area contributed by atoms with Gasteiger partial charge < -0.3 is 0 Å². The second-order valence-corrected chi connectivity index (χ2v) is 6.86. The van der Waals surface area contributed by atoms with Gasteiger partial charge in [0, 0.05) is 11.8 Å². The van der Waals surface area contributed by atoms with Gasteiger partial charge in [-0.25, -0.2) is 0 Å². The summed E-state index contributed by atoms with van der Waals surface area (Å²) in [6.07, 6.45) is -8.39. The predicted octanol–water partition coefficient (Wildman–Crippen LogP) is 6.62. The number of aromatic nitrogens is 1. The van der Waals surface area contributed by atoms with Gasteiger partial charge in [-0.2, -0.15) is 26.3 Å². The monoisotopic (exact) mass is 393 g/mol. The average molecular weight is 393 g/mol. The van der Waals surface area contributed by atoms with Crippen molar-refractivity contribution in [1.82, 2.24) is 4.98 Å². The van der Waals surface area contributed by atoms with Crippen LogP contribution in [0, 0.1) is 0 Å². The Labute approximate surface area is 156 Å². The number of nitrogens with zero attached hydrogens (tertiary/aromatic N) is 1. The summed E-state index contributed by atoms with van der Waals surface area (Å²) < 4.78 is 80.4. The Hall–Kier alpha value is -2.83. The van der Waals surface area contributed by atoms with E-state index in [0.717, 1.165) is 19.1 Å². The molecular formula is C21H13F6N. The van der Waals surface area contributed by atoms with Crippen molar-refractivity contribution in [3.05, 3.63) is 77.5 Å². The molecule has 28 heavy (non-hydrogen) atoms. The lowest BCUT2D eigenvalue weighted by Crippen LogP contribution is -2.38. The van der Waals surface area contributed by atoms with E-state index in [4.69, 9.17) is 0 Å². The maximum atomic E-state index is 14.1. The summed E-state index contributed by atoms with van der Waals surface area (Å²) in [4.78, 5) is 3.80. The smallest absolute Gasteiger partial charge is 0.256 e. The first-order valence-corrected chi connectivity index (χ1v) is 8.38. The molecule has 1 nitrogen and oxygen atoms in total. The van der Waals surface area contributed by atoms with Crippen LogP contribution < -0.4 is 0 Å². The predicted molar refractivity (Wildman–Crippen MR) is 92.6 cm³/mol. The Morgan fingerprint density at radius 3 is 2.07 bits per heavy atom. The normalized spacial score (nSPS) is 18.7. The molecule has 0 saturated carbocycles. The van der Waals surface area contributed by atoms with Crippen LogP contribution in [-0.2, 0) is 11.6 Å². The van der Waals surface area contributed by atoms with Crippen molar-refractivity contribution in [2.24, 2.45) is 0 Å². The lowest BCUT2D eigenvalue weighted by atomic mass is 9.79. The van der Waals surface area contributed by atoms with Gasteiger partial charge in [0.05, 0.1) is 11.3 Å². The third-order valence-electron chi connectivity index (χ3n) is 5.27. The van der Waals surface area contributed by atoms with Crippen molar-refractivity contribution in [2.45, 2.75) is 24.7 Å². The quantitative estimate of drug-likeness (QED) is 0.424. The van der Waals surface area contributed by atoms with Gasteiger partial charge in [0.1, 0.15) is 5.41 Å². The van der Waals surface area contributed by atoms with E-state index in [1.165, 1.54) is 12.1 Å². The van der Waals surface area contributed by atoms with Crippen LogP contribution in [0.1, 0.15) is 23.6 Å². The van der Waals surface area contributed by atoms with Crippen LogP contribution in [0.5, 0.6) is 0 Å². The summed E-state index contributed by atoms with van der Waals surface area (Å²) >= 11 is 0. The molecule has 0 aliphatic heterocycles. The van der Waals surface area contributed by atoms with Gasteiger partial charge in [0.15, 0.2) is 0 Å². The van der Waals surface area contributed by atoms with Gasteiger partial charge in [-0.1, -0.05) is 36.4 Å². The average Bonchev–Trinajstić information content (AvgIpc) is 2.91. The van der Waals surface area contributed by atoms with Crippen LogP contribution in [0.2, 0.25) is 0 Å². The highest BCUT2D eigenvalue weighted by Crippen LogP contribution is 2.56. The Balaban J connectivity index is 1.87. The van der Waals surface area contributed by atoms with E-state index in [0.29, 0.717) is 22.9 Å². The Bertz CT molecular complexity index is 1050. The molecule has 4 rings (SSSR count). The van der Waals surface area contributed by atoms with Crippen molar-refractivity contribution < 1.29 is 26.3 Å². The van der Waals surface area contributed by atoms with Gasteiger partial charge in [0.2, 0.25) is 0 Å². The van der Waals surface area contributed by atoms with E-state index in [1.807, 2.05) is 0 Å². The molecule has 0 amide bonds. The van der Waals surface area contributed by atoms with Gasteiger partial charge in [-0.05, 0) is 47.4 Å². The van der Waals surface area contributed by atoms with Crippen LogP contribution in [-0.4, -0.2) is 11.2 Å². The second-order valence-electron chi connectivity index (χ2n) is 6.86. The summed E-state index contributed by atoms with van der Waals surface area (Å²) in [5, 5.41) is 0. The van der Waals surface area contributed by atoms with Crippen molar-refractivity contribution >= 4 is 0 Å². The molecule has 0 bridgehead atoms. The summed E-state index contributed by atoms with van der Waals surface area (Å²) in [5.41, 5.74) is -1.41. The highest BCUT2D eigenvalue weighted by molar-refractivity contribution is 5.83. The molecule has 1 aliphatic rings. The van der Waals surface area contributed by atoms with Crippen molar-refractivity contribution in [3.8, 4) is 22.4 Å². The Morgan fingerprint density at radius 1 is 0.786 bits per heavy atom. The second kappa shape index (κ2) is 5.83. The first kappa shape index (κ1) is 18.5. The fraction of sp³-hybridized carbons (Fsp3) is 0.190. The number of fused-ring (bicyclic) bond motifs is 3. The lowest BCUT2D eigenvalue weighted by molar-refractivity contribution is -0.172. The molecule has 0 N–H and O–H groups in total. The molecule has 2 aromatic carbocycles. The summed E-state index contributed by atoms with van der Waals surface area (Å²) in [5.74, 6) is 0. The molecule has 1 unspecified atom stereocenters. The number of alkyl halides is 6. The number of hydrogen-bond donors (Lipinski definition) is 0. The summed E-state index contributed by atoms with van der Waals surface area (Å²) in [7, 11) is 0. The lowest BCUT2D eigenvalue weighted by Gasteiger charge is -2.30. The highest BCUT2D eigenvalue weighted by atomic mass is 19.4. The zero-order valence-corrected chi connectivity index (χ0v) is 14.5. The Morgan fingerprint density at radius 2 is 1.46 bits per heavy atom. The minimum atomic E-state index is -4.54. The first-order chi connectivity index (χ1) is 13.0. The molecule has 1 aromatic heterocycles. The maximum Gasteiger partial charge on any atom is 0.417 e. The van der Waals surface area contributed by atoms with E-state index in [2.05, 4.69) is 4.98 Å². The van der Waals surface area contributed by atoms with Gasteiger partial charge in [0.25, 0.3) is 0 Å². The zero-order chi connectivity index (χ0) is 20.3. The van der Waals surface area contributed by atoms with Crippen molar-refractivity contribution in [2.75, 3.05) is 0 Å². The number of halogens is 6. The molecule has 1 atom stereocenters. The highest BCUT2D eigenvalue weighted by Gasteiger charge is 2.58. The van der Waals surface area contributed by atoms with Crippen LogP contribution >= 0.6 is 0 Å². The number of pyridine rings is 1.